The van der Waals surface area contributed by atoms with Gasteiger partial charge in [0.1, 0.15) is 11.5 Å². The molecule has 0 amide bonds. The monoisotopic (exact) mass is 480 g/mol. The molecule has 5 heteroatoms. The molecular weight excluding hydrogens is 448 g/mol. The fraction of sp³-hybridized carbons (Fsp3) is 0.286. The van der Waals surface area contributed by atoms with Crippen LogP contribution in [0, 0.1) is 0 Å². The Morgan fingerprint density at radius 3 is 1.36 bits per heavy atom. The molecule has 4 aromatic carbocycles. The summed E-state index contributed by atoms with van der Waals surface area (Å²) in [6.45, 7) is 12.3. The van der Waals surface area contributed by atoms with Crippen LogP contribution in [0.4, 0.5) is 0 Å². The first-order valence-electron chi connectivity index (χ1n) is 10.9. The molecule has 0 aliphatic carbocycles. The number of hydrogen-bond donors (Lipinski definition) is 2. The molecule has 0 aliphatic heterocycles. The topological polar surface area (TPSA) is 57.5 Å². The predicted molar refractivity (Wildman–Crippen MR) is 145 cm³/mol. The number of hydrogen-bond acceptors (Lipinski definition) is 4. The van der Waals surface area contributed by atoms with Gasteiger partial charge in [0.2, 0.25) is 0 Å². The van der Waals surface area contributed by atoms with Crippen LogP contribution in [-0.4, -0.2) is 23.9 Å². The normalized spacial score (nSPS) is 12.9. The van der Waals surface area contributed by atoms with Crippen molar-refractivity contribution in [3.05, 3.63) is 72.8 Å². The summed E-state index contributed by atoms with van der Waals surface area (Å²) >= 11 is 0. The molecule has 0 aromatic heterocycles. The number of rotatable bonds is 2. The minimum absolute atomic E-state index is 0.0954. The number of phenols is 2. The molecule has 0 saturated carbocycles. The zero-order valence-electron chi connectivity index (χ0n) is 20.0. The van der Waals surface area contributed by atoms with Gasteiger partial charge in [0, 0.05) is 20.6 Å². The molecule has 0 unspecified atom stereocenters. The lowest BCUT2D eigenvalue weighted by molar-refractivity contribution is 0.470. The molecular formula is C28H32O3S2. The Balaban J connectivity index is 0.000000239. The molecule has 0 spiro atoms. The van der Waals surface area contributed by atoms with Gasteiger partial charge in [-0.05, 0) is 54.4 Å². The van der Waals surface area contributed by atoms with Crippen molar-refractivity contribution in [2.45, 2.75) is 51.0 Å². The Bertz CT molecular complexity index is 1220. The summed E-state index contributed by atoms with van der Waals surface area (Å²) < 4.78 is 11.6. The predicted octanol–water partition coefficient (Wildman–Crippen LogP) is 8.05. The Kier molecular flexibility index (Phi) is 7.45. The number of phenolic OH excluding ortho intramolecular Hbond substituents is 2. The van der Waals surface area contributed by atoms with E-state index in [-0.39, 0.29) is 21.0 Å². The van der Waals surface area contributed by atoms with E-state index in [1.807, 2.05) is 81.4 Å². The molecule has 174 valence electrons. The zero-order valence-corrected chi connectivity index (χ0v) is 21.7. The summed E-state index contributed by atoms with van der Waals surface area (Å²) in [6, 6.07) is 22.9. The van der Waals surface area contributed by atoms with Crippen LogP contribution in [0.5, 0.6) is 11.5 Å². The van der Waals surface area contributed by atoms with Crippen LogP contribution in [-0.2, 0) is 9.83 Å². The average molecular weight is 481 g/mol. The molecule has 0 fully saturated rings. The van der Waals surface area contributed by atoms with E-state index in [0.717, 1.165) is 21.5 Å². The largest absolute Gasteiger partial charge is 0.507 e. The van der Waals surface area contributed by atoms with Gasteiger partial charge in [0.25, 0.3) is 0 Å². The van der Waals surface area contributed by atoms with Gasteiger partial charge in [-0.15, -0.1) is 0 Å². The summed E-state index contributed by atoms with van der Waals surface area (Å²) in [6.07, 6.45) is 0. The summed E-state index contributed by atoms with van der Waals surface area (Å²) in [7, 11) is 0.746. The van der Waals surface area contributed by atoms with E-state index in [1.54, 1.807) is 12.1 Å². The minimum atomic E-state index is -0.790. The number of aromatic hydroxyl groups is 2. The summed E-state index contributed by atoms with van der Waals surface area (Å²) in [5, 5.41) is 24.8. The van der Waals surface area contributed by atoms with Gasteiger partial charge in [-0.1, -0.05) is 92.2 Å². The second kappa shape index (κ2) is 9.78. The van der Waals surface area contributed by atoms with Crippen LogP contribution in [0.25, 0.3) is 32.7 Å². The second-order valence-electron chi connectivity index (χ2n) is 9.90. The molecule has 2 N–H and O–H groups in total. The van der Waals surface area contributed by atoms with Crippen LogP contribution in [0.3, 0.4) is 0 Å². The van der Waals surface area contributed by atoms with Gasteiger partial charge in [0.05, 0.1) is 9.83 Å². The molecule has 4 rings (SSSR count). The molecule has 0 bridgehead atoms. The fourth-order valence-electron chi connectivity index (χ4n) is 3.40. The van der Waals surface area contributed by atoms with E-state index in [0.29, 0.717) is 11.1 Å². The van der Waals surface area contributed by atoms with Crippen molar-refractivity contribution in [3.8, 4) is 22.6 Å². The molecule has 0 saturated heterocycles. The lowest BCUT2D eigenvalue weighted by Gasteiger charge is -2.23. The highest BCUT2D eigenvalue weighted by Gasteiger charge is 2.25. The second-order valence-corrected chi connectivity index (χ2v) is 14.4. The van der Waals surface area contributed by atoms with E-state index in [9.17, 15) is 14.4 Å². The number of benzene rings is 4. The van der Waals surface area contributed by atoms with Gasteiger partial charge in [-0.25, -0.2) is 4.21 Å². The SMILES string of the molecule is CC(C)(C)S[S@@](=O)C(C)(C)C.Oc1ccc2ccccc2c1-c1c(O)ccc2ccccc12. The first-order valence-corrected chi connectivity index (χ1v) is 13.4. The summed E-state index contributed by atoms with van der Waals surface area (Å²) in [5.74, 6) is 0.343. The highest BCUT2D eigenvalue weighted by Crippen LogP contribution is 2.44. The van der Waals surface area contributed by atoms with Gasteiger partial charge in [-0.3, -0.25) is 0 Å². The quantitative estimate of drug-likeness (QED) is 0.285. The van der Waals surface area contributed by atoms with Gasteiger partial charge in [-0.2, -0.15) is 0 Å². The standard InChI is InChI=1S/C20H14O2.C8H18OS2/c21-17-11-9-13-5-1-3-7-15(13)19(17)20-16-8-4-2-6-14(16)10-12-18(20)22;1-7(2,3)10-11(9)8(4,5)6/h1-12,21-22H;1-6H3/t;11-/m.1/s1. The van der Waals surface area contributed by atoms with Crippen molar-refractivity contribution in [1.82, 2.24) is 0 Å². The van der Waals surface area contributed by atoms with Gasteiger partial charge < -0.3 is 10.2 Å². The lowest BCUT2D eigenvalue weighted by atomic mass is 9.92. The minimum Gasteiger partial charge on any atom is -0.507 e. The highest BCUT2D eigenvalue weighted by atomic mass is 33.1. The summed E-state index contributed by atoms with van der Waals surface area (Å²) in [5.41, 5.74) is 1.35. The third kappa shape index (κ3) is 6.10. The molecule has 33 heavy (non-hydrogen) atoms. The smallest absolute Gasteiger partial charge is 0.124 e. The van der Waals surface area contributed by atoms with Crippen LogP contribution in [0.2, 0.25) is 0 Å². The van der Waals surface area contributed by atoms with E-state index < -0.39 is 9.83 Å². The maximum absolute atomic E-state index is 11.6. The molecule has 0 radical (unpaired) electrons. The van der Waals surface area contributed by atoms with Crippen molar-refractivity contribution < 1.29 is 14.4 Å². The molecule has 1 atom stereocenters. The van der Waals surface area contributed by atoms with Gasteiger partial charge in [0.15, 0.2) is 0 Å². The van der Waals surface area contributed by atoms with Crippen LogP contribution < -0.4 is 0 Å². The van der Waals surface area contributed by atoms with Crippen molar-refractivity contribution in [3.63, 3.8) is 0 Å². The van der Waals surface area contributed by atoms with Crippen LogP contribution in [0.1, 0.15) is 41.5 Å². The zero-order chi connectivity index (χ0) is 24.4. The Hall–Kier alpha value is -2.50. The lowest BCUT2D eigenvalue weighted by Crippen LogP contribution is -2.23. The van der Waals surface area contributed by atoms with Gasteiger partial charge >= 0.3 is 0 Å². The fourth-order valence-corrected chi connectivity index (χ4v) is 6.21. The van der Waals surface area contributed by atoms with E-state index in [4.69, 9.17) is 0 Å². The van der Waals surface area contributed by atoms with Crippen molar-refractivity contribution in [2.75, 3.05) is 0 Å². The Labute approximate surface area is 202 Å². The highest BCUT2D eigenvalue weighted by molar-refractivity contribution is 8.70. The van der Waals surface area contributed by atoms with E-state index in [2.05, 4.69) is 20.8 Å². The van der Waals surface area contributed by atoms with Crippen LogP contribution >= 0.6 is 10.8 Å². The molecule has 3 nitrogen and oxygen atoms in total. The average Bonchev–Trinajstić information content (AvgIpc) is 2.73. The van der Waals surface area contributed by atoms with Crippen LogP contribution in [0.15, 0.2) is 72.8 Å². The van der Waals surface area contributed by atoms with Crippen molar-refractivity contribution in [1.29, 1.82) is 0 Å². The number of fused-ring (bicyclic) bond motifs is 2. The molecule has 4 aromatic rings. The van der Waals surface area contributed by atoms with E-state index in [1.165, 1.54) is 10.8 Å². The Morgan fingerprint density at radius 1 is 0.636 bits per heavy atom. The first-order chi connectivity index (χ1) is 15.4. The maximum atomic E-state index is 11.6. The molecule has 0 heterocycles. The third-order valence-corrected chi connectivity index (χ3v) is 10.00. The van der Waals surface area contributed by atoms with Crippen molar-refractivity contribution in [2.24, 2.45) is 0 Å². The third-order valence-electron chi connectivity index (χ3n) is 4.89. The first kappa shape index (κ1) is 25.1. The summed E-state index contributed by atoms with van der Waals surface area (Å²) in [4.78, 5) is 0. The maximum Gasteiger partial charge on any atom is 0.124 e. The van der Waals surface area contributed by atoms with Crippen molar-refractivity contribution >= 4 is 42.2 Å². The molecule has 0 aliphatic rings. The van der Waals surface area contributed by atoms with E-state index >= 15 is 0 Å². The Morgan fingerprint density at radius 2 is 1.03 bits per heavy atom.